The number of nitrogens with two attached hydrogens (primary N) is 1. The first-order valence-corrected chi connectivity index (χ1v) is 13.2. The molecule has 0 saturated heterocycles. The van der Waals surface area contributed by atoms with Crippen molar-refractivity contribution in [2.24, 2.45) is 11.1 Å². The molecule has 4 rings (SSSR count). The minimum absolute atomic E-state index is 0.0237. The van der Waals surface area contributed by atoms with Gasteiger partial charge in [0.2, 0.25) is 5.78 Å². The Balaban J connectivity index is 1.51. The van der Waals surface area contributed by atoms with Crippen molar-refractivity contribution in [3.8, 4) is 0 Å². The summed E-state index contributed by atoms with van der Waals surface area (Å²) in [4.78, 5) is 21.3. The summed E-state index contributed by atoms with van der Waals surface area (Å²) in [5.41, 5.74) is 2.01. The van der Waals surface area contributed by atoms with Crippen LogP contribution >= 0.6 is 15.9 Å². The van der Waals surface area contributed by atoms with Crippen molar-refractivity contribution in [1.82, 2.24) is 19.7 Å². The standard InChI is InChI=1S/C22H24BrFN6O5S/c1-12-5-18(29-30(12)9-13-3-2-4-15(23)6-13)21(32)16-8-26-11-27-22(16)28-17-7-14(20(31)19(17)24)10-35-36(25,33)34/h2-6,8,11,14,17,19-20,31H,7,9-10H2,1H3,(H2,25,33,34)(H,26,27,28). The van der Waals surface area contributed by atoms with Crippen LogP contribution in [0.1, 0.15) is 33.7 Å². The molecule has 4 N–H and O–H groups in total. The Morgan fingerprint density at radius 1 is 1.39 bits per heavy atom. The Morgan fingerprint density at radius 2 is 2.17 bits per heavy atom. The zero-order valence-electron chi connectivity index (χ0n) is 19.1. The Hall–Kier alpha value is -2.78. The van der Waals surface area contributed by atoms with Crippen LogP contribution in [-0.4, -0.2) is 64.0 Å². The lowest BCUT2D eigenvalue weighted by molar-refractivity contribution is 0.0501. The van der Waals surface area contributed by atoms with Gasteiger partial charge in [-0.2, -0.15) is 13.5 Å². The van der Waals surface area contributed by atoms with E-state index < -0.39 is 46.9 Å². The molecule has 0 amide bonds. The Bertz CT molecular complexity index is 1370. The van der Waals surface area contributed by atoms with E-state index in [1.54, 1.807) is 10.7 Å². The fourth-order valence-corrected chi connectivity index (χ4v) is 4.91. The van der Waals surface area contributed by atoms with Crippen molar-refractivity contribution in [3.05, 3.63) is 69.8 Å². The maximum absolute atomic E-state index is 14.8. The van der Waals surface area contributed by atoms with E-state index >= 15 is 0 Å². The van der Waals surface area contributed by atoms with E-state index in [1.165, 1.54) is 12.5 Å². The summed E-state index contributed by atoms with van der Waals surface area (Å²) in [7, 11) is -4.23. The van der Waals surface area contributed by atoms with Crippen molar-refractivity contribution < 1.29 is 26.9 Å². The molecule has 11 nitrogen and oxygen atoms in total. The van der Waals surface area contributed by atoms with Crippen LogP contribution in [-0.2, 0) is 21.0 Å². The van der Waals surface area contributed by atoms with E-state index in [-0.39, 0.29) is 23.5 Å². The number of halogens is 2. The first-order valence-electron chi connectivity index (χ1n) is 10.9. The van der Waals surface area contributed by atoms with Crippen LogP contribution in [0.3, 0.4) is 0 Å². The van der Waals surface area contributed by atoms with Gasteiger partial charge in [-0.3, -0.25) is 13.7 Å². The van der Waals surface area contributed by atoms with Gasteiger partial charge in [0, 0.05) is 22.3 Å². The second-order valence-corrected chi connectivity index (χ2v) is 10.7. The molecule has 0 radical (unpaired) electrons. The number of hydrogen-bond donors (Lipinski definition) is 3. The number of aryl methyl sites for hydroxylation is 1. The number of nitrogens with one attached hydrogen (secondary N) is 1. The maximum Gasteiger partial charge on any atom is 0.333 e. The van der Waals surface area contributed by atoms with Crippen molar-refractivity contribution in [2.75, 3.05) is 11.9 Å². The molecule has 14 heteroatoms. The minimum atomic E-state index is -4.23. The number of aliphatic hydroxyl groups is 1. The van der Waals surface area contributed by atoms with Crippen LogP contribution in [0.5, 0.6) is 0 Å². The molecular formula is C22H24BrFN6O5S. The third-order valence-corrected chi connectivity index (χ3v) is 6.87. The predicted molar refractivity (Wildman–Crippen MR) is 131 cm³/mol. The highest BCUT2D eigenvalue weighted by molar-refractivity contribution is 9.10. The lowest BCUT2D eigenvalue weighted by atomic mass is 10.1. The highest BCUT2D eigenvalue weighted by Gasteiger charge is 2.44. The van der Waals surface area contributed by atoms with Crippen LogP contribution in [0.15, 0.2) is 47.3 Å². The van der Waals surface area contributed by atoms with Crippen LogP contribution in [0.25, 0.3) is 0 Å². The average molecular weight is 583 g/mol. The zero-order valence-corrected chi connectivity index (χ0v) is 21.5. The van der Waals surface area contributed by atoms with Crippen molar-refractivity contribution in [3.63, 3.8) is 0 Å². The number of aliphatic hydroxyl groups excluding tert-OH is 1. The van der Waals surface area contributed by atoms with Gasteiger partial charge in [0.25, 0.3) is 0 Å². The van der Waals surface area contributed by atoms with Crippen LogP contribution < -0.4 is 10.5 Å². The van der Waals surface area contributed by atoms with Crippen LogP contribution in [0.4, 0.5) is 10.2 Å². The number of benzene rings is 1. The molecule has 3 aromatic rings. The fraction of sp³-hybridized carbons (Fsp3) is 0.364. The van der Waals surface area contributed by atoms with Gasteiger partial charge < -0.3 is 10.4 Å². The molecule has 192 valence electrons. The Kier molecular flexibility index (Phi) is 7.80. The molecule has 1 aliphatic rings. The lowest BCUT2D eigenvalue weighted by Gasteiger charge is -2.18. The normalized spacial score (nSPS) is 22.0. The van der Waals surface area contributed by atoms with Gasteiger partial charge in [0.1, 0.15) is 24.0 Å². The Morgan fingerprint density at radius 3 is 2.89 bits per heavy atom. The second-order valence-electron chi connectivity index (χ2n) is 8.53. The highest BCUT2D eigenvalue weighted by atomic mass is 79.9. The number of carbonyl (C=O) groups excluding carboxylic acids is 1. The number of aromatic nitrogens is 4. The molecule has 1 fully saturated rings. The van der Waals surface area contributed by atoms with Gasteiger partial charge >= 0.3 is 10.3 Å². The van der Waals surface area contributed by atoms with Gasteiger partial charge in [0.05, 0.1) is 30.9 Å². The summed E-state index contributed by atoms with van der Waals surface area (Å²) in [5, 5.41) is 22.3. The first-order chi connectivity index (χ1) is 17.0. The molecule has 0 bridgehead atoms. The SMILES string of the molecule is Cc1cc(C(=O)c2cncnc2NC2CC(COS(N)(=O)=O)C(O)C2F)nn1Cc1cccc(Br)c1. The van der Waals surface area contributed by atoms with Gasteiger partial charge in [-0.15, -0.1) is 0 Å². The second kappa shape index (κ2) is 10.7. The van der Waals surface area contributed by atoms with Crippen molar-refractivity contribution in [2.45, 2.75) is 38.2 Å². The van der Waals surface area contributed by atoms with E-state index in [0.717, 1.165) is 15.7 Å². The van der Waals surface area contributed by atoms with Crippen molar-refractivity contribution in [1.29, 1.82) is 0 Å². The summed E-state index contributed by atoms with van der Waals surface area (Å²) < 4.78 is 44.0. The molecule has 1 saturated carbocycles. The quantitative estimate of drug-likeness (QED) is 0.319. The van der Waals surface area contributed by atoms with E-state index in [1.807, 2.05) is 31.2 Å². The molecule has 2 heterocycles. The summed E-state index contributed by atoms with van der Waals surface area (Å²) >= 11 is 3.44. The first kappa shape index (κ1) is 26.3. The van der Waals surface area contributed by atoms with Crippen LogP contribution in [0.2, 0.25) is 0 Å². The lowest BCUT2D eigenvalue weighted by Crippen LogP contribution is -2.33. The minimum Gasteiger partial charge on any atom is -0.390 e. The molecular weight excluding hydrogens is 559 g/mol. The number of hydrogen-bond acceptors (Lipinski definition) is 9. The third kappa shape index (κ3) is 6.13. The largest absolute Gasteiger partial charge is 0.390 e. The van der Waals surface area contributed by atoms with E-state index in [9.17, 15) is 22.7 Å². The number of alkyl halides is 1. The Labute approximate surface area is 215 Å². The van der Waals surface area contributed by atoms with E-state index in [4.69, 9.17) is 5.14 Å². The average Bonchev–Trinajstić information content (AvgIpc) is 3.31. The summed E-state index contributed by atoms with van der Waals surface area (Å²) in [5.74, 6) is -1.22. The molecule has 4 unspecified atom stereocenters. The number of carbonyl (C=O) groups is 1. The molecule has 4 atom stereocenters. The summed E-state index contributed by atoms with van der Waals surface area (Å²) in [6.07, 6.45) is -0.711. The van der Waals surface area contributed by atoms with E-state index in [2.05, 4.69) is 40.5 Å². The van der Waals surface area contributed by atoms with Crippen molar-refractivity contribution >= 4 is 37.8 Å². The fourth-order valence-electron chi connectivity index (χ4n) is 4.09. The molecule has 1 aromatic carbocycles. The van der Waals surface area contributed by atoms with Gasteiger partial charge in [-0.25, -0.2) is 19.5 Å². The highest BCUT2D eigenvalue weighted by Crippen LogP contribution is 2.32. The number of ketones is 1. The summed E-state index contributed by atoms with van der Waals surface area (Å²) in [6, 6.07) is 8.43. The van der Waals surface area contributed by atoms with E-state index in [0.29, 0.717) is 6.54 Å². The predicted octanol–water partition coefficient (Wildman–Crippen LogP) is 1.74. The molecule has 2 aromatic heterocycles. The smallest absolute Gasteiger partial charge is 0.333 e. The topological polar surface area (TPSA) is 162 Å². The number of nitrogens with zero attached hydrogens (tertiary/aromatic N) is 4. The van der Waals surface area contributed by atoms with Gasteiger partial charge in [-0.1, -0.05) is 28.1 Å². The van der Waals surface area contributed by atoms with Gasteiger partial charge in [0.15, 0.2) is 0 Å². The number of anilines is 1. The molecule has 0 aliphatic heterocycles. The van der Waals surface area contributed by atoms with Crippen LogP contribution in [0, 0.1) is 12.8 Å². The third-order valence-electron chi connectivity index (χ3n) is 5.91. The van der Waals surface area contributed by atoms with Gasteiger partial charge in [-0.05, 0) is 37.1 Å². The molecule has 0 spiro atoms. The monoisotopic (exact) mass is 582 g/mol. The maximum atomic E-state index is 14.8. The molecule has 1 aliphatic carbocycles. The molecule has 36 heavy (non-hydrogen) atoms. The zero-order chi connectivity index (χ0) is 26.0. The number of rotatable bonds is 9. The summed E-state index contributed by atoms with van der Waals surface area (Å²) in [6.45, 7) is 1.82.